The van der Waals surface area contributed by atoms with Crippen LogP contribution in [0.15, 0.2) is 36.4 Å². The molecule has 28 heavy (non-hydrogen) atoms. The largest absolute Gasteiger partial charge is 0.353 e. The molecule has 0 spiro atoms. The molecule has 0 bridgehead atoms. The van der Waals surface area contributed by atoms with E-state index in [0.29, 0.717) is 0 Å². The molecule has 1 amide bonds. The molecule has 2 aromatic heterocycles. The predicted octanol–water partition coefficient (Wildman–Crippen LogP) is 4.42. The molecule has 0 saturated carbocycles. The van der Waals surface area contributed by atoms with Crippen LogP contribution in [-0.4, -0.2) is 47.2 Å². The van der Waals surface area contributed by atoms with Gasteiger partial charge in [-0.25, -0.2) is 0 Å². The van der Waals surface area contributed by atoms with Crippen molar-refractivity contribution in [1.82, 2.24) is 15.1 Å². The molecule has 4 rings (SSSR count). The van der Waals surface area contributed by atoms with Gasteiger partial charge >= 0.3 is 0 Å². The number of rotatable bonds is 3. The number of anilines is 1. The molecule has 1 saturated heterocycles. The fourth-order valence-electron chi connectivity index (χ4n) is 3.58. The Balaban J connectivity index is 1.45. The average molecular weight is 395 g/mol. The number of aromatic nitrogens is 2. The van der Waals surface area contributed by atoms with Gasteiger partial charge in [-0.05, 0) is 62.1 Å². The van der Waals surface area contributed by atoms with E-state index in [2.05, 4.69) is 53.2 Å². The summed E-state index contributed by atoms with van der Waals surface area (Å²) in [5.41, 5.74) is 4.76. The van der Waals surface area contributed by atoms with E-state index in [1.807, 2.05) is 24.0 Å². The Morgan fingerprint density at radius 3 is 2.61 bits per heavy atom. The summed E-state index contributed by atoms with van der Waals surface area (Å²) in [7, 11) is 0. The summed E-state index contributed by atoms with van der Waals surface area (Å²) in [6.45, 7) is 9.52. The first-order valence-corrected chi connectivity index (χ1v) is 10.6. The van der Waals surface area contributed by atoms with E-state index < -0.39 is 0 Å². The van der Waals surface area contributed by atoms with Gasteiger partial charge in [0.2, 0.25) is 0 Å². The smallest absolute Gasteiger partial charge is 0.263 e. The highest BCUT2D eigenvalue weighted by Crippen LogP contribution is 2.25. The standard InChI is InChI=1S/C22H26N4OS/c1-15-5-7-18(13-16(15)2)19-14-21(24-23-19)25-9-4-10-26(12-11-25)22(27)20-8-6-17(3)28-20/h5-8,13-14H,4,9-12H2,1-3H3,(H,23,24). The van der Waals surface area contributed by atoms with E-state index in [-0.39, 0.29) is 5.91 Å². The number of benzene rings is 1. The summed E-state index contributed by atoms with van der Waals surface area (Å²) in [6.07, 6.45) is 0.946. The monoisotopic (exact) mass is 394 g/mol. The number of aryl methyl sites for hydroxylation is 3. The van der Waals surface area contributed by atoms with Crippen molar-refractivity contribution in [2.24, 2.45) is 0 Å². The third-order valence-electron chi connectivity index (χ3n) is 5.44. The highest BCUT2D eigenvalue weighted by molar-refractivity contribution is 7.13. The molecule has 0 aliphatic carbocycles. The lowest BCUT2D eigenvalue weighted by Crippen LogP contribution is -2.34. The maximum Gasteiger partial charge on any atom is 0.263 e. The van der Waals surface area contributed by atoms with Gasteiger partial charge in [0.15, 0.2) is 5.82 Å². The van der Waals surface area contributed by atoms with Crippen molar-refractivity contribution in [2.75, 3.05) is 31.1 Å². The minimum Gasteiger partial charge on any atom is -0.353 e. The zero-order chi connectivity index (χ0) is 19.7. The first-order chi connectivity index (χ1) is 13.5. The van der Waals surface area contributed by atoms with Crippen molar-refractivity contribution in [2.45, 2.75) is 27.2 Å². The molecule has 1 fully saturated rings. The van der Waals surface area contributed by atoms with Gasteiger partial charge in [-0.2, -0.15) is 5.10 Å². The first kappa shape index (κ1) is 18.7. The van der Waals surface area contributed by atoms with E-state index in [0.717, 1.165) is 54.6 Å². The number of nitrogens with zero attached hydrogens (tertiary/aromatic N) is 3. The Labute approximate surface area is 170 Å². The van der Waals surface area contributed by atoms with Crippen LogP contribution in [0.1, 0.15) is 32.1 Å². The predicted molar refractivity (Wildman–Crippen MR) is 115 cm³/mol. The second kappa shape index (κ2) is 7.80. The van der Waals surface area contributed by atoms with Gasteiger partial charge in [0, 0.05) is 37.1 Å². The lowest BCUT2D eigenvalue weighted by Gasteiger charge is -2.21. The number of H-pyrrole nitrogens is 1. The van der Waals surface area contributed by atoms with Crippen molar-refractivity contribution in [3.63, 3.8) is 0 Å². The van der Waals surface area contributed by atoms with Crippen molar-refractivity contribution in [3.8, 4) is 11.3 Å². The number of amides is 1. The zero-order valence-electron chi connectivity index (χ0n) is 16.7. The molecule has 1 aliphatic heterocycles. The van der Waals surface area contributed by atoms with Gasteiger partial charge in [-0.3, -0.25) is 9.89 Å². The molecule has 3 aromatic rings. The van der Waals surface area contributed by atoms with Crippen LogP contribution in [0.25, 0.3) is 11.3 Å². The van der Waals surface area contributed by atoms with Crippen LogP contribution in [0, 0.1) is 20.8 Å². The van der Waals surface area contributed by atoms with Gasteiger partial charge in [-0.1, -0.05) is 12.1 Å². The third-order valence-corrected chi connectivity index (χ3v) is 6.43. The minimum absolute atomic E-state index is 0.151. The fraction of sp³-hybridized carbons (Fsp3) is 0.364. The molecular formula is C22H26N4OS. The van der Waals surface area contributed by atoms with E-state index in [1.54, 1.807) is 11.3 Å². The Hall–Kier alpha value is -2.60. The van der Waals surface area contributed by atoms with Gasteiger partial charge in [-0.15, -0.1) is 11.3 Å². The summed E-state index contributed by atoms with van der Waals surface area (Å²) in [4.78, 5) is 19.0. The van der Waals surface area contributed by atoms with Crippen LogP contribution in [0.3, 0.4) is 0 Å². The Kier molecular flexibility index (Phi) is 5.22. The van der Waals surface area contributed by atoms with Crippen molar-refractivity contribution >= 4 is 23.1 Å². The van der Waals surface area contributed by atoms with Crippen molar-refractivity contribution in [3.05, 3.63) is 57.3 Å². The van der Waals surface area contributed by atoms with Crippen LogP contribution < -0.4 is 4.90 Å². The second-order valence-electron chi connectivity index (χ2n) is 7.48. The molecule has 1 N–H and O–H groups in total. The molecule has 6 heteroatoms. The Bertz CT molecular complexity index is 990. The van der Waals surface area contributed by atoms with Gasteiger partial charge in [0.25, 0.3) is 5.91 Å². The van der Waals surface area contributed by atoms with Gasteiger partial charge in [0.1, 0.15) is 0 Å². The molecule has 1 aliphatic rings. The van der Waals surface area contributed by atoms with Crippen LogP contribution in [0.2, 0.25) is 0 Å². The normalized spacial score (nSPS) is 15.0. The maximum atomic E-state index is 12.8. The topological polar surface area (TPSA) is 52.2 Å². The lowest BCUT2D eigenvalue weighted by atomic mass is 10.0. The number of aromatic amines is 1. The lowest BCUT2D eigenvalue weighted by molar-refractivity contribution is 0.0772. The van der Waals surface area contributed by atoms with E-state index >= 15 is 0 Å². The number of carbonyl (C=O) groups is 1. The molecule has 1 aromatic carbocycles. The second-order valence-corrected chi connectivity index (χ2v) is 8.77. The van der Waals surface area contributed by atoms with Crippen molar-refractivity contribution in [1.29, 1.82) is 0 Å². The maximum absolute atomic E-state index is 12.8. The number of nitrogens with one attached hydrogen (secondary N) is 1. The average Bonchev–Trinajstić information content (AvgIpc) is 3.27. The van der Waals surface area contributed by atoms with Crippen LogP contribution in [-0.2, 0) is 0 Å². The highest BCUT2D eigenvalue weighted by Gasteiger charge is 2.22. The minimum atomic E-state index is 0.151. The molecule has 0 unspecified atom stereocenters. The van der Waals surface area contributed by atoms with E-state index in [1.165, 1.54) is 16.0 Å². The number of hydrogen-bond acceptors (Lipinski definition) is 4. The molecule has 3 heterocycles. The molecule has 0 atom stereocenters. The Morgan fingerprint density at radius 1 is 1.00 bits per heavy atom. The van der Waals surface area contributed by atoms with Crippen LogP contribution in [0.5, 0.6) is 0 Å². The zero-order valence-corrected chi connectivity index (χ0v) is 17.5. The third kappa shape index (κ3) is 3.83. The molecule has 5 nitrogen and oxygen atoms in total. The van der Waals surface area contributed by atoms with Crippen LogP contribution >= 0.6 is 11.3 Å². The quantitative estimate of drug-likeness (QED) is 0.716. The number of thiophene rings is 1. The first-order valence-electron chi connectivity index (χ1n) is 9.75. The summed E-state index contributed by atoms with van der Waals surface area (Å²) >= 11 is 1.57. The summed E-state index contributed by atoms with van der Waals surface area (Å²) < 4.78 is 0. The van der Waals surface area contributed by atoms with E-state index in [4.69, 9.17) is 0 Å². The molecular weight excluding hydrogens is 368 g/mol. The van der Waals surface area contributed by atoms with E-state index in [9.17, 15) is 4.79 Å². The molecule has 146 valence electrons. The van der Waals surface area contributed by atoms with Gasteiger partial charge in [0.05, 0.1) is 10.6 Å². The SMILES string of the molecule is Cc1ccc(C(=O)N2CCCN(c3cc(-c4ccc(C)c(C)c4)[nH]n3)CC2)s1. The number of carbonyl (C=O) groups excluding carboxylic acids is 1. The summed E-state index contributed by atoms with van der Waals surface area (Å²) in [5.74, 6) is 1.10. The number of hydrogen-bond donors (Lipinski definition) is 1. The Morgan fingerprint density at radius 2 is 1.86 bits per heavy atom. The van der Waals surface area contributed by atoms with Crippen LogP contribution in [0.4, 0.5) is 5.82 Å². The fourth-order valence-corrected chi connectivity index (χ4v) is 4.42. The summed E-state index contributed by atoms with van der Waals surface area (Å²) in [6, 6.07) is 12.5. The van der Waals surface area contributed by atoms with Gasteiger partial charge < -0.3 is 9.80 Å². The summed E-state index contributed by atoms with van der Waals surface area (Å²) in [5, 5.41) is 7.72. The molecule has 0 radical (unpaired) electrons. The highest BCUT2D eigenvalue weighted by atomic mass is 32.1. The van der Waals surface area contributed by atoms with Crippen molar-refractivity contribution < 1.29 is 4.79 Å².